The Balaban J connectivity index is 0.00000306. The van der Waals surface area contributed by atoms with E-state index in [0.29, 0.717) is 30.1 Å². The smallest absolute Gasteiger partial charge is 0.343 e. The Kier molecular flexibility index (Phi) is 33.9. The lowest BCUT2D eigenvalue weighted by atomic mass is 10.0. The fourth-order valence-electron chi connectivity index (χ4n) is 5.47. The van der Waals surface area contributed by atoms with Crippen molar-refractivity contribution in [1.29, 1.82) is 0 Å². The molecule has 1 N–H and O–H groups in total. The number of hydrogen-bond donors (Lipinski definition) is 1. The molecule has 0 radical (unpaired) electrons. The highest BCUT2D eigenvalue weighted by Crippen LogP contribution is 2.19. The first-order valence-electron chi connectivity index (χ1n) is 20.7. The summed E-state index contributed by atoms with van der Waals surface area (Å²) < 4.78 is 16.6. The van der Waals surface area contributed by atoms with Gasteiger partial charge < -0.3 is 19.3 Å². The molecule has 0 fully saturated rings. The van der Waals surface area contributed by atoms with Gasteiger partial charge in [-0.2, -0.15) is 0 Å². The van der Waals surface area contributed by atoms with Crippen LogP contribution in [0.3, 0.4) is 0 Å². The van der Waals surface area contributed by atoms with Crippen molar-refractivity contribution in [2.45, 2.75) is 163 Å². The van der Waals surface area contributed by atoms with Crippen LogP contribution in [-0.2, 0) is 16.0 Å². The van der Waals surface area contributed by atoms with Crippen LogP contribution in [-0.4, -0.2) is 30.3 Å². The maximum Gasteiger partial charge on any atom is 0.343 e. The molecule has 298 valence electrons. The van der Waals surface area contributed by atoms with Crippen LogP contribution in [0.2, 0.25) is 0 Å². The van der Waals surface area contributed by atoms with Crippen molar-refractivity contribution in [2.75, 3.05) is 13.2 Å². The van der Waals surface area contributed by atoms with Crippen LogP contribution in [0.15, 0.2) is 85.2 Å². The molecule has 0 aliphatic heterocycles. The first-order chi connectivity index (χ1) is 25.9. The number of carbonyl (C=O) groups excluding carboxylic acids is 2. The molecule has 0 heterocycles. The number of esters is 2. The van der Waals surface area contributed by atoms with Crippen molar-refractivity contribution >= 4 is 11.9 Å². The Morgan fingerprint density at radius 3 is 1.58 bits per heavy atom. The molecule has 0 aliphatic carbocycles. The fraction of sp³-hybridized carbons (Fsp3) is 0.574. The minimum atomic E-state index is -0.352. The van der Waals surface area contributed by atoms with E-state index in [9.17, 15) is 9.59 Å². The van der Waals surface area contributed by atoms with E-state index in [4.69, 9.17) is 19.3 Å². The number of ether oxygens (including phenoxy) is 3. The Morgan fingerprint density at radius 2 is 1.11 bits per heavy atom. The number of aliphatic hydroxyl groups excluding tert-OH is 1. The van der Waals surface area contributed by atoms with E-state index in [2.05, 4.69) is 25.6 Å². The fourth-order valence-corrected chi connectivity index (χ4v) is 5.47. The average molecular weight is 735 g/mol. The summed E-state index contributed by atoms with van der Waals surface area (Å²) in [7, 11) is 0. The zero-order chi connectivity index (χ0) is 39.2. The second-order valence-electron chi connectivity index (χ2n) is 13.3. The maximum atomic E-state index is 12.6. The molecular formula is C47H74O6. The second-order valence-corrected chi connectivity index (χ2v) is 13.3. The van der Waals surface area contributed by atoms with Gasteiger partial charge in [0.25, 0.3) is 0 Å². The SMILES string of the molecule is C/C=C/C=C/O.C=C(C)C(=O)OCCCCCCCCCCCOc1ccc(C(=O)Oc2ccc(CCCCCCCCCCCC)cc2)cc1.CC. The number of carbonyl (C=O) groups is 2. The molecule has 0 unspecified atom stereocenters. The van der Waals surface area contributed by atoms with E-state index in [1.807, 2.05) is 51.1 Å². The molecule has 2 aromatic rings. The summed E-state index contributed by atoms with van der Waals surface area (Å²) in [6, 6.07) is 15.1. The number of aryl methyl sites for hydroxylation is 1. The first-order valence-corrected chi connectivity index (χ1v) is 20.7. The summed E-state index contributed by atoms with van der Waals surface area (Å²) in [6.07, 6.45) is 31.0. The highest BCUT2D eigenvalue weighted by atomic mass is 16.5. The maximum absolute atomic E-state index is 12.6. The van der Waals surface area contributed by atoms with Crippen LogP contribution >= 0.6 is 0 Å². The zero-order valence-electron chi connectivity index (χ0n) is 34.2. The second kappa shape index (κ2) is 36.6. The van der Waals surface area contributed by atoms with Gasteiger partial charge in [-0.15, -0.1) is 0 Å². The first kappa shape index (κ1) is 49.2. The van der Waals surface area contributed by atoms with Gasteiger partial charge in [-0.05, 0) is 87.6 Å². The molecule has 2 rings (SSSR count). The van der Waals surface area contributed by atoms with E-state index < -0.39 is 0 Å². The molecule has 0 aromatic heterocycles. The van der Waals surface area contributed by atoms with Crippen molar-refractivity contribution in [3.8, 4) is 11.5 Å². The van der Waals surface area contributed by atoms with Crippen LogP contribution in [0.5, 0.6) is 11.5 Å². The molecule has 0 spiro atoms. The summed E-state index contributed by atoms with van der Waals surface area (Å²) in [6.45, 7) is 14.6. The highest BCUT2D eigenvalue weighted by Gasteiger charge is 2.09. The van der Waals surface area contributed by atoms with Gasteiger partial charge in [0.1, 0.15) is 11.5 Å². The summed E-state index contributed by atoms with van der Waals surface area (Å²) in [5, 5.41) is 7.97. The van der Waals surface area contributed by atoms with Gasteiger partial charge >= 0.3 is 11.9 Å². The lowest BCUT2D eigenvalue weighted by molar-refractivity contribution is -0.139. The third-order valence-corrected chi connectivity index (χ3v) is 8.57. The zero-order valence-corrected chi connectivity index (χ0v) is 34.2. The standard InChI is InChI=1S/C40H60O5.C5H8O.C2H6/c1-4-5-6-7-8-9-11-14-17-20-23-35-24-28-38(29-25-35)45-40(42)36-26-30-37(31-27-36)43-32-21-18-15-12-10-13-16-19-22-33-44-39(41)34(2)3;1-2-3-4-5-6;1-2/h24-31H,2,4-23,32-33H2,1,3H3;2-6H,1H3;1-2H3/b;3-2+,5-4+;. The minimum Gasteiger partial charge on any atom is -0.516 e. The molecule has 0 saturated heterocycles. The Morgan fingerprint density at radius 1 is 0.642 bits per heavy atom. The average Bonchev–Trinajstić information content (AvgIpc) is 3.18. The van der Waals surface area contributed by atoms with Crippen LogP contribution in [0.25, 0.3) is 0 Å². The predicted molar refractivity (Wildman–Crippen MR) is 224 cm³/mol. The van der Waals surface area contributed by atoms with E-state index in [-0.39, 0.29) is 11.9 Å². The minimum absolute atomic E-state index is 0.290. The summed E-state index contributed by atoms with van der Waals surface area (Å²) in [5.74, 6) is 0.711. The number of benzene rings is 2. The normalized spacial score (nSPS) is 10.7. The molecule has 0 saturated carbocycles. The van der Waals surface area contributed by atoms with Gasteiger partial charge in [0.15, 0.2) is 0 Å². The lowest BCUT2D eigenvalue weighted by Crippen LogP contribution is -2.08. The van der Waals surface area contributed by atoms with Crippen molar-refractivity contribution in [1.82, 2.24) is 0 Å². The lowest BCUT2D eigenvalue weighted by Gasteiger charge is -2.08. The van der Waals surface area contributed by atoms with Crippen LogP contribution in [0.4, 0.5) is 0 Å². The highest BCUT2D eigenvalue weighted by molar-refractivity contribution is 5.91. The van der Waals surface area contributed by atoms with E-state index in [1.165, 1.54) is 102 Å². The summed E-state index contributed by atoms with van der Waals surface area (Å²) >= 11 is 0. The van der Waals surface area contributed by atoms with Crippen LogP contribution in [0.1, 0.15) is 173 Å². The summed E-state index contributed by atoms with van der Waals surface area (Å²) in [5.41, 5.74) is 2.27. The molecule has 0 atom stereocenters. The van der Waals surface area contributed by atoms with Gasteiger partial charge in [0.05, 0.1) is 25.0 Å². The third kappa shape index (κ3) is 29.4. The van der Waals surface area contributed by atoms with E-state index in [0.717, 1.165) is 44.1 Å². The molecule has 2 aromatic carbocycles. The topological polar surface area (TPSA) is 82.1 Å². The van der Waals surface area contributed by atoms with Gasteiger partial charge in [0, 0.05) is 5.57 Å². The van der Waals surface area contributed by atoms with Crippen molar-refractivity contribution in [3.63, 3.8) is 0 Å². The quantitative estimate of drug-likeness (QED) is 0.0234. The molecule has 53 heavy (non-hydrogen) atoms. The number of unbranched alkanes of at least 4 members (excludes halogenated alkanes) is 17. The molecule has 0 bridgehead atoms. The van der Waals surface area contributed by atoms with Crippen molar-refractivity contribution in [3.05, 3.63) is 96.3 Å². The monoisotopic (exact) mass is 735 g/mol. The van der Waals surface area contributed by atoms with E-state index >= 15 is 0 Å². The number of allylic oxidation sites excluding steroid dienone is 3. The largest absolute Gasteiger partial charge is 0.516 e. The molecule has 0 aliphatic rings. The van der Waals surface area contributed by atoms with Gasteiger partial charge in [-0.25, -0.2) is 9.59 Å². The number of aliphatic hydroxyl groups is 1. The van der Waals surface area contributed by atoms with Gasteiger partial charge in [-0.1, -0.05) is 154 Å². The summed E-state index contributed by atoms with van der Waals surface area (Å²) in [4.78, 5) is 23.9. The molecule has 6 heteroatoms. The predicted octanol–water partition coefficient (Wildman–Crippen LogP) is 14.0. The van der Waals surface area contributed by atoms with Gasteiger partial charge in [0.2, 0.25) is 0 Å². The van der Waals surface area contributed by atoms with Crippen molar-refractivity contribution in [2.24, 2.45) is 0 Å². The molecule has 6 nitrogen and oxygen atoms in total. The molecule has 0 amide bonds. The Bertz CT molecular complexity index is 1200. The van der Waals surface area contributed by atoms with Gasteiger partial charge in [-0.3, -0.25) is 0 Å². The number of hydrogen-bond acceptors (Lipinski definition) is 6. The molecular weight excluding hydrogens is 661 g/mol. The van der Waals surface area contributed by atoms with E-state index in [1.54, 1.807) is 31.2 Å². The third-order valence-electron chi connectivity index (χ3n) is 8.57. The number of rotatable bonds is 28. The Hall–Kier alpha value is -3.80. The van der Waals surface area contributed by atoms with Crippen LogP contribution in [0, 0.1) is 0 Å². The Labute approximate surface area is 324 Å². The van der Waals surface area contributed by atoms with Crippen LogP contribution < -0.4 is 9.47 Å². The van der Waals surface area contributed by atoms with Crippen molar-refractivity contribution < 1.29 is 28.9 Å².